The van der Waals surface area contributed by atoms with E-state index in [1.165, 1.54) is 36.4 Å². The zero-order valence-corrected chi connectivity index (χ0v) is 13.0. The largest absolute Gasteiger partial charge is 0.316 e. The van der Waals surface area contributed by atoms with E-state index in [0.29, 0.717) is 5.92 Å². The summed E-state index contributed by atoms with van der Waals surface area (Å²) in [6.45, 7) is 11.3. The molecule has 0 fully saturated rings. The summed E-state index contributed by atoms with van der Waals surface area (Å²) >= 11 is 1.95. The van der Waals surface area contributed by atoms with Gasteiger partial charge in [0.05, 0.1) is 10.7 Å². The first kappa shape index (κ1) is 14.0. The molecule has 1 aromatic rings. The summed E-state index contributed by atoms with van der Waals surface area (Å²) in [6.07, 6.45) is 5.09. The van der Waals surface area contributed by atoms with Crippen LogP contribution < -0.4 is 5.32 Å². The normalized spacial score (nSPS) is 19.9. The van der Waals surface area contributed by atoms with Crippen molar-refractivity contribution in [3.63, 3.8) is 0 Å². The van der Waals surface area contributed by atoms with Crippen LogP contribution in [0.1, 0.15) is 68.5 Å². The lowest BCUT2D eigenvalue weighted by atomic mass is 9.90. The van der Waals surface area contributed by atoms with Crippen molar-refractivity contribution in [3.05, 3.63) is 15.6 Å². The molecule has 0 amide bonds. The summed E-state index contributed by atoms with van der Waals surface area (Å²) in [5.74, 6) is 0.646. The van der Waals surface area contributed by atoms with E-state index in [0.717, 1.165) is 13.1 Å². The fourth-order valence-corrected chi connectivity index (χ4v) is 3.73. The molecule has 3 heteroatoms. The van der Waals surface area contributed by atoms with Crippen molar-refractivity contribution in [1.29, 1.82) is 0 Å². The standard InChI is InChI=1S/C15H26N2S/c1-5-9-16-10-11-7-6-8-12-13(11)17-14(18-12)15(2,3)4/h11,16H,5-10H2,1-4H3. The summed E-state index contributed by atoms with van der Waals surface area (Å²) in [5.41, 5.74) is 1.60. The predicted molar refractivity (Wildman–Crippen MR) is 79.7 cm³/mol. The Labute approximate surface area is 115 Å². The number of nitrogens with one attached hydrogen (secondary N) is 1. The summed E-state index contributed by atoms with van der Waals surface area (Å²) < 4.78 is 0. The number of hydrogen-bond acceptors (Lipinski definition) is 3. The molecule has 1 N–H and O–H groups in total. The van der Waals surface area contributed by atoms with Crippen LogP contribution in [0.2, 0.25) is 0 Å². The quantitative estimate of drug-likeness (QED) is 0.837. The Bertz CT molecular complexity index is 390. The smallest absolute Gasteiger partial charge is 0.0984 e. The van der Waals surface area contributed by atoms with Crippen molar-refractivity contribution < 1.29 is 0 Å². The molecule has 1 unspecified atom stereocenters. The van der Waals surface area contributed by atoms with E-state index in [-0.39, 0.29) is 5.41 Å². The molecule has 2 rings (SSSR count). The van der Waals surface area contributed by atoms with Crippen molar-refractivity contribution in [2.45, 2.75) is 64.7 Å². The minimum absolute atomic E-state index is 0.198. The second-order valence-electron chi connectivity index (χ2n) is 6.37. The molecule has 0 saturated carbocycles. The van der Waals surface area contributed by atoms with Crippen LogP contribution in [0, 0.1) is 0 Å². The third-order valence-electron chi connectivity index (χ3n) is 3.53. The zero-order valence-electron chi connectivity index (χ0n) is 12.2. The van der Waals surface area contributed by atoms with Crippen molar-refractivity contribution >= 4 is 11.3 Å². The number of rotatable bonds is 4. The Morgan fingerprint density at radius 2 is 2.17 bits per heavy atom. The SMILES string of the molecule is CCCNCC1CCCc2sc(C(C)(C)C)nc21. The highest BCUT2D eigenvalue weighted by Crippen LogP contribution is 2.38. The van der Waals surface area contributed by atoms with Gasteiger partial charge < -0.3 is 5.32 Å². The van der Waals surface area contributed by atoms with Crippen LogP contribution in [0.3, 0.4) is 0 Å². The molecule has 1 aromatic heterocycles. The highest BCUT2D eigenvalue weighted by atomic mass is 32.1. The minimum Gasteiger partial charge on any atom is -0.316 e. The first-order valence-corrected chi connectivity index (χ1v) is 8.04. The molecule has 1 aliphatic rings. The molecule has 0 radical (unpaired) electrons. The number of aryl methyl sites for hydroxylation is 1. The van der Waals surface area contributed by atoms with Gasteiger partial charge in [0.1, 0.15) is 0 Å². The average molecular weight is 266 g/mol. The van der Waals surface area contributed by atoms with E-state index in [1.54, 1.807) is 4.88 Å². The van der Waals surface area contributed by atoms with Crippen molar-refractivity contribution in [2.24, 2.45) is 0 Å². The molecule has 18 heavy (non-hydrogen) atoms. The highest BCUT2D eigenvalue weighted by Gasteiger charge is 2.27. The Morgan fingerprint density at radius 1 is 1.39 bits per heavy atom. The highest BCUT2D eigenvalue weighted by molar-refractivity contribution is 7.11. The first-order valence-electron chi connectivity index (χ1n) is 7.23. The maximum atomic E-state index is 4.96. The summed E-state index contributed by atoms with van der Waals surface area (Å²) in [4.78, 5) is 6.51. The Morgan fingerprint density at radius 3 is 2.83 bits per heavy atom. The molecule has 1 heterocycles. The van der Waals surface area contributed by atoms with E-state index in [2.05, 4.69) is 33.0 Å². The van der Waals surface area contributed by atoms with Crippen LogP contribution in [-0.4, -0.2) is 18.1 Å². The average Bonchev–Trinajstić information content (AvgIpc) is 2.73. The lowest BCUT2D eigenvalue weighted by molar-refractivity contribution is 0.496. The lowest BCUT2D eigenvalue weighted by Gasteiger charge is -2.21. The zero-order chi connectivity index (χ0) is 13.2. The number of fused-ring (bicyclic) bond motifs is 1. The maximum Gasteiger partial charge on any atom is 0.0984 e. The van der Waals surface area contributed by atoms with Crippen LogP contribution in [-0.2, 0) is 11.8 Å². The molecule has 2 nitrogen and oxygen atoms in total. The Kier molecular flexibility index (Phi) is 4.44. The molecule has 0 saturated heterocycles. The predicted octanol–water partition coefficient (Wildman–Crippen LogP) is 3.86. The maximum absolute atomic E-state index is 4.96. The summed E-state index contributed by atoms with van der Waals surface area (Å²) in [5, 5.41) is 4.87. The van der Waals surface area contributed by atoms with Crippen molar-refractivity contribution in [2.75, 3.05) is 13.1 Å². The number of aromatic nitrogens is 1. The van der Waals surface area contributed by atoms with E-state index >= 15 is 0 Å². The van der Waals surface area contributed by atoms with Crippen molar-refractivity contribution in [3.8, 4) is 0 Å². The van der Waals surface area contributed by atoms with E-state index in [4.69, 9.17) is 4.98 Å². The topological polar surface area (TPSA) is 24.9 Å². The van der Waals surface area contributed by atoms with Crippen LogP contribution >= 0.6 is 11.3 Å². The monoisotopic (exact) mass is 266 g/mol. The van der Waals surface area contributed by atoms with Gasteiger partial charge in [-0.1, -0.05) is 27.7 Å². The molecular formula is C15H26N2S. The minimum atomic E-state index is 0.198. The number of nitrogens with zero attached hydrogens (tertiary/aromatic N) is 1. The van der Waals surface area contributed by atoms with Crippen LogP contribution in [0.5, 0.6) is 0 Å². The number of thiazole rings is 1. The van der Waals surface area contributed by atoms with Crippen LogP contribution in [0.4, 0.5) is 0 Å². The van der Waals surface area contributed by atoms with Gasteiger partial charge >= 0.3 is 0 Å². The van der Waals surface area contributed by atoms with Gasteiger partial charge in [-0.05, 0) is 32.2 Å². The summed E-state index contributed by atoms with van der Waals surface area (Å²) in [6, 6.07) is 0. The second-order valence-corrected chi connectivity index (χ2v) is 7.45. The molecule has 102 valence electrons. The van der Waals surface area contributed by atoms with Gasteiger partial charge in [0.25, 0.3) is 0 Å². The fraction of sp³-hybridized carbons (Fsp3) is 0.800. The molecule has 1 atom stereocenters. The second kappa shape index (κ2) is 5.70. The van der Waals surface area contributed by atoms with Gasteiger partial charge in [0.2, 0.25) is 0 Å². The molecule has 0 spiro atoms. The first-order chi connectivity index (χ1) is 8.52. The molecule has 1 aliphatic carbocycles. The van der Waals surface area contributed by atoms with Gasteiger partial charge in [-0.2, -0.15) is 0 Å². The summed E-state index contributed by atoms with van der Waals surface area (Å²) in [7, 11) is 0. The van der Waals surface area contributed by atoms with E-state index in [9.17, 15) is 0 Å². The fourth-order valence-electron chi connectivity index (χ4n) is 2.48. The van der Waals surface area contributed by atoms with Crippen LogP contribution in [0.25, 0.3) is 0 Å². The lowest BCUT2D eigenvalue weighted by Crippen LogP contribution is -2.25. The van der Waals surface area contributed by atoms with Gasteiger partial charge in [-0.25, -0.2) is 4.98 Å². The van der Waals surface area contributed by atoms with E-state index in [1.807, 2.05) is 11.3 Å². The molecular weight excluding hydrogens is 240 g/mol. The third-order valence-corrected chi connectivity index (χ3v) is 5.09. The van der Waals surface area contributed by atoms with Gasteiger partial charge in [0, 0.05) is 22.8 Å². The van der Waals surface area contributed by atoms with Crippen LogP contribution in [0.15, 0.2) is 0 Å². The third kappa shape index (κ3) is 3.12. The Balaban J connectivity index is 2.13. The van der Waals surface area contributed by atoms with Gasteiger partial charge in [0.15, 0.2) is 0 Å². The van der Waals surface area contributed by atoms with Crippen molar-refractivity contribution in [1.82, 2.24) is 10.3 Å². The van der Waals surface area contributed by atoms with Gasteiger partial charge in [-0.15, -0.1) is 11.3 Å². The molecule has 0 bridgehead atoms. The van der Waals surface area contributed by atoms with Gasteiger partial charge in [-0.3, -0.25) is 0 Å². The molecule has 0 aromatic carbocycles. The Hall–Kier alpha value is -0.410. The van der Waals surface area contributed by atoms with E-state index < -0.39 is 0 Å². The molecule has 0 aliphatic heterocycles. The number of hydrogen-bond donors (Lipinski definition) is 1.